The van der Waals surface area contributed by atoms with Crippen LogP contribution in [0.5, 0.6) is 0 Å². The first-order valence-corrected chi connectivity index (χ1v) is 7.19. The van der Waals surface area contributed by atoms with E-state index < -0.39 is 0 Å². The molecule has 1 rings (SSSR count). The van der Waals surface area contributed by atoms with E-state index in [1.54, 1.807) is 6.07 Å². The van der Waals surface area contributed by atoms with Crippen molar-refractivity contribution in [3.8, 4) is 0 Å². The molecule has 0 unspecified atom stereocenters. The molecule has 1 aromatic heterocycles. The van der Waals surface area contributed by atoms with Crippen LogP contribution in [0.25, 0.3) is 0 Å². The maximum absolute atomic E-state index is 10.9. The van der Waals surface area contributed by atoms with Crippen LogP contribution >= 0.6 is 11.8 Å². The molecule has 0 atom stereocenters. The van der Waals surface area contributed by atoms with E-state index in [4.69, 9.17) is 0 Å². The summed E-state index contributed by atoms with van der Waals surface area (Å²) >= 11 is 1.45. The molecule has 0 spiro atoms. The first-order chi connectivity index (χ1) is 8.69. The van der Waals surface area contributed by atoms with Crippen LogP contribution in [0.15, 0.2) is 17.2 Å². The molecule has 0 aliphatic heterocycles. The Morgan fingerprint density at radius 1 is 1.39 bits per heavy atom. The summed E-state index contributed by atoms with van der Waals surface area (Å²) in [7, 11) is 0. The second kappa shape index (κ2) is 7.92. The van der Waals surface area contributed by atoms with Gasteiger partial charge in [0.1, 0.15) is 5.82 Å². The summed E-state index contributed by atoms with van der Waals surface area (Å²) in [6, 6.07) is 3.19. The summed E-state index contributed by atoms with van der Waals surface area (Å²) in [5.74, 6) is 1.57. The zero-order chi connectivity index (χ0) is 13.4. The van der Waals surface area contributed by atoms with Crippen LogP contribution in [0.3, 0.4) is 0 Å². The fourth-order valence-corrected chi connectivity index (χ4v) is 2.42. The Balaban J connectivity index is 2.82. The van der Waals surface area contributed by atoms with Gasteiger partial charge in [0.2, 0.25) is 0 Å². The molecule has 6 heteroatoms. The lowest BCUT2D eigenvalue weighted by Gasteiger charge is -2.06. The summed E-state index contributed by atoms with van der Waals surface area (Å²) in [6.07, 6.45) is 3.11. The lowest BCUT2D eigenvalue weighted by Crippen LogP contribution is -2.03. The molecule has 5 nitrogen and oxygen atoms in total. The van der Waals surface area contributed by atoms with Crippen molar-refractivity contribution in [2.45, 2.75) is 38.1 Å². The number of nitrogens with zero attached hydrogens (tertiary/aromatic N) is 2. The van der Waals surface area contributed by atoms with Crippen molar-refractivity contribution in [2.24, 2.45) is 0 Å². The zero-order valence-electron chi connectivity index (χ0n) is 10.8. The van der Waals surface area contributed by atoms with Gasteiger partial charge >= 0.3 is 5.69 Å². The van der Waals surface area contributed by atoms with E-state index in [1.807, 2.05) is 0 Å². The molecule has 1 N–H and O–H groups in total. The van der Waals surface area contributed by atoms with E-state index in [1.165, 1.54) is 17.8 Å². The molecular weight excluding hydrogens is 250 g/mol. The summed E-state index contributed by atoms with van der Waals surface area (Å²) in [5.41, 5.74) is 0.0955. The number of thioether (sulfide) groups is 1. The minimum absolute atomic E-state index is 0.0955. The van der Waals surface area contributed by atoms with Crippen molar-refractivity contribution in [2.75, 3.05) is 17.6 Å². The molecular formula is C12H19N3O2S. The summed E-state index contributed by atoms with van der Waals surface area (Å²) in [6.45, 7) is 4.99. The Morgan fingerprint density at radius 2 is 2.17 bits per heavy atom. The normalized spacial score (nSPS) is 10.3. The number of hydrogen-bond donors (Lipinski definition) is 1. The molecule has 0 radical (unpaired) electrons. The Bertz CT molecular complexity index is 399. The highest BCUT2D eigenvalue weighted by atomic mass is 32.2. The third-order valence-corrected chi connectivity index (χ3v) is 3.40. The van der Waals surface area contributed by atoms with Crippen LogP contribution in [0, 0.1) is 10.1 Å². The Hall–Kier alpha value is -1.30. The van der Waals surface area contributed by atoms with Crippen molar-refractivity contribution in [3.05, 3.63) is 22.2 Å². The fourth-order valence-electron chi connectivity index (χ4n) is 1.34. The van der Waals surface area contributed by atoms with Crippen molar-refractivity contribution >= 4 is 23.3 Å². The highest BCUT2D eigenvalue weighted by Gasteiger charge is 2.16. The maximum Gasteiger partial charge on any atom is 0.301 e. The van der Waals surface area contributed by atoms with Gasteiger partial charge in [0.05, 0.1) is 4.92 Å². The molecule has 0 saturated heterocycles. The monoisotopic (exact) mass is 269 g/mol. The second-order valence-electron chi connectivity index (χ2n) is 3.91. The molecule has 100 valence electrons. The highest BCUT2D eigenvalue weighted by molar-refractivity contribution is 7.99. The molecule has 0 amide bonds. The largest absolute Gasteiger partial charge is 0.370 e. The van der Waals surface area contributed by atoms with Crippen LogP contribution in [0.4, 0.5) is 11.5 Å². The minimum atomic E-state index is -0.370. The van der Waals surface area contributed by atoms with Gasteiger partial charge in [0, 0.05) is 12.6 Å². The quantitative estimate of drug-likeness (QED) is 0.337. The van der Waals surface area contributed by atoms with Gasteiger partial charge in [-0.3, -0.25) is 10.1 Å². The topological polar surface area (TPSA) is 68.1 Å². The van der Waals surface area contributed by atoms with Gasteiger partial charge < -0.3 is 5.32 Å². The smallest absolute Gasteiger partial charge is 0.301 e. The maximum atomic E-state index is 10.9. The Kier molecular flexibility index (Phi) is 6.49. The number of nitro groups is 1. The van der Waals surface area contributed by atoms with Gasteiger partial charge in [-0.25, -0.2) is 4.98 Å². The Morgan fingerprint density at radius 3 is 2.78 bits per heavy atom. The number of pyridine rings is 1. The van der Waals surface area contributed by atoms with E-state index in [2.05, 4.69) is 24.1 Å². The number of unbranched alkanes of at least 4 members (excludes halogenated alkanes) is 1. The predicted molar refractivity (Wildman–Crippen MR) is 75.3 cm³/mol. The van der Waals surface area contributed by atoms with Crippen LogP contribution in [-0.2, 0) is 0 Å². The molecule has 0 aliphatic carbocycles. The Labute approximate surface area is 112 Å². The molecule has 0 bridgehead atoms. The average Bonchev–Trinajstić information content (AvgIpc) is 2.36. The third kappa shape index (κ3) is 4.52. The van der Waals surface area contributed by atoms with E-state index in [0.29, 0.717) is 10.8 Å². The number of anilines is 1. The van der Waals surface area contributed by atoms with Gasteiger partial charge in [0.25, 0.3) is 0 Å². The van der Waals surface area contributed by atoms with Crippen molar-refractivity contribution in [1.29, 1.82) is 0 Å². The molecule has 0 aliphatic rings. The molecule has 0 fully saturated rings. The number of rotatable bonds is 8. The molecule has 0 aromatic carbocycles. The van der Waals surface area contributed by atoms with E-state index in [9.17, 15) is 10.1 Å². The second-order valence-corrected chi connectivity index (χ2v) is 4.99. The summed E-state index contributed by atoms with van der Waals surface area (Å²) < 4.78 is 0. The van der Waals surface area contributed by atoms with Crippen molar-refractivity contribution < 1.29 is 4.92 Å². The summed E-state index contributed by atoms with van der Waals surface area (Å²) in [4.78, 5) is 14.9. The molecule has 1 aromatic rings. The van der Waals surface area contributed by atoms with Gasteiger partial charge in [-0.05, 0) is 24.7 Å². The third-order valence-electron chi connectivity index (χ3n) is 2.33. The number of nitrogens with one attached hydrogen (secondary N) is 1. The average molecular weight is 269 g/mol. The fraction of sp³-hybridized carbons (Fsp3) is 0.583. The molecule has 18 heavy (non-hydrogen) atoms. The van der Waals surface area contributed by atoms with Crippen LogP contribution in [-0.4, -0.2) is 22.2 Å². The van der Waals surface area contributed by atoms with Crippen LogP contribution in [0.1, 0.15) is 33.1 Å². The van der Waals surface area contributed by atoms with Gasteiger partial charge in [0.15, 0.2) is 5.03 Å². The first-order valence-electron chi connectivity index (χ1n) is 6.21. The first kappa shape index (κ1) is 14.8. The zero-order valence-corrected chi connectivity index (χ0v) is 11.6. The van der Waals surface area contributed by atoms with Crippen LogP contribution in [0.2, 0.25) is 0 Å². The summed E-state index contributed by atoms with van der Waals surface area (Å²) in [5, 5.41) is 14.6. The van der Waals surface area contributed by atoms with E-state index in [0.717, 1.165) is 31.6 Å². The molecule has 0 saturated carbocycles. The number of hydrogen-bond acceptors (Lipinski definition) is 5. The van der Waals surface area contributed by atoms with Crippen molar-refractivity contribution in [1.82, 2.24) is 4.98 Å². The predicted octanol–water partition coefficient (Wildman–Crippen LogP) is 3.70. The standard InChI is InChI=1S/C12H19N3O2S/c1-3-5-9-18-12-10(15(16)17)6-7-11(14-12)13-8-4-2/h6-7H,3-5,8-9H2,1-2H3,(H,13,14). The van der Waals surface area contributed by atoms with Gasteiger partial charge in [-0.2, -0.15) is 0 Å². The molecule has 1 heterocycles. The van der Waals surface area contributed by atoms with Crippen molar-refractivity contribution in [3.63, 3.8) is 0 Å². The van der Waals surface area contributed by atoms with Gasteiger partial charge in [-0.1, -0.05) is 32.0 Å². The minimum Gasteiger partial charge on any atom is -0.370 e. The van der Waals surface area contributed by atoms with Crippen LogP contribution < -0.4 is 5.32 Å². The van der Waals surface area contributed by atoms with E-state index >= 15 is 0 Å². The highest BCUT2D eigenvalue weighted by Crippen LogP contribution is 2.29. The number of aromatic nitrogens is 1. The lowest BCUT2D eigenvalue weighted by molar-refractivity contribution is -0.388. The van der Waals surface area contributed by atoms with E-state index in [-0.39, 0.29) is 10.6 Å². The lowest BCUT2D eigenvalue weighted by atomic mass is 10.4. The SMILES string of the molecule is CCCCSc1nc(NCCC)ccc1[N+](=O)[O-]. The van der Waals surface area contributed by atoms with Gasteiger partial charge in [-0.15, -0.1) is 0 Å².